The molecular weight excluding hydrogens is 1680 g/mol. The van der Waals surface area contributed by atoms with Gasteiger partial charge in [0.05, 0.1) is 132 Å². The summed E-state index contributed by atoms with van der Waals surface area (Å²) in [6.07, 6.45) is 7.65. The second-order valence-electron chi connectivity index (χ2n) is 33.7. The summed E-state index contributed by atoms with van der Waals surface area (Å²) in [5.41, 5.74) is 24.7. The lowest BCUT2D eigenvalue weighted by atomic mass is 10.0. The molecule has 20 rings (SSSR count). The molecule has 4 fully saturated rings. The van der Waals surface area contributed by atoms with E-state index in [4.69, 9.17) is 16.6 Å². The van der Waals surface area contributed by atoms with Crippen LogP contribution >= 0.6 is 0 Å². The molecule has 9 N–H and O–H groups in total. The van der Waals surface area contributed by atoms with E-state index in [-0.39, 0.29) is 52.5 Å². The van der Waals surface area contributed by atoms with E-state index in [0.29, 0.717) is 127 Å². The first kappa shape index (κ1) is 88.7. The topological polar surface area (TPSA) is 424 Å². The lowest BCUT2D eigenvalue weighted by Gasteiger charge is -2.36. The van der Waals surface area contributed by atoms with Gasteiger partial charge in [0.25, 0.3) is 0 Å². The van der Waals surface area contributed by atoms with Crippen molar-refractivity contribution in [2.75, 3.05) is 120 Å². The van der Waals surface area contributed by atoms with Crippen LogP contribution in [0.15, 0.2) is 170 Å². The Kier molecular flexibility index (Phi) is 26.3. The highest BCUT2D eigenvalue weighted by Gasteiger charge is 2.37. The molecule has 41 heteroatoms. The van der Waals surface area contributed by atoms with Crippen LogP contribution in [-0.4, -0.2) is 225 Å². The Morgan fingerprint density at radius 1 is 0.377 bits per heavy atom. The number of nitrogens with two attached hydrogens (primary N) is 2. The molecule has 8 aliphatic rings. The molecule has 0 unspecified atom stereocenters. The smallest absolute Gasteiger partial charge is 0.323 e. The zero-order valence-corrected chi connectivity index (χ0v) is 71.8. The number of nitrogens with zero attached hydrogens (tertiary/aromatic N) is 22. The van der Waals surface area contributed by atoms with Crippen molar-refractivity contribution in [3.63, 3.8) is 0 Å². The van der Waals surface area contributed by atoms with Gasteiger partial charge in [-0.3, -0.25) is 60.2 Å². The second kappa shape index (κ2) is 38.5. The lowest BCUT2D eigenvalue weighted by Crippen LogP contribution is -2.45. The maximum Gasteiger partial charge on any atom is 0.323 e. The minimum atomic E-state index is -0.599. The SMILES string of the molecule is CN1CC(Cn2cc3c(n2)CN(C(=O)Nc2nc(-c4ccc(F)cc4)ccc2N)C3)C1.CN1CC(Cn2cc3c(n2)CN(C(=O)Nc2nc(-c4ccc(F)cc4)ccc2[N+](=O)[O-])C3)C1.CN1CC(Cn2ncc3c2CN(C(=O)Nc2nc(-c4ccc(F)cc4)ccc2N)C3)C1.CN1CC(Cn2ncc3c2CN(C(=O)Nc2nc(-c4ccc(F)cc4)ccc2[N+](=O)[O-])C3)C1.CO. The quantitative estimate of drug-likeness (QED) is 0.0238. The first-order valence-corrected chi connectivity index (χ1v) is 42.1. The number of aromatic nitrogens is 12. The summed E-state index contributed by atoms with van der Waals surface area (Å²) in [7, 11) is 9.40. The minimum Gasteiger partial charge on any atom is -0.400 e. The number of anilines is 6. The molecule has 4 saturated heterocycles. The number of hydrogen-bond donors (Lipinski definition) is 7. The number of carbonyl (C=O) groups excluding carboxylic acids is 4. The van der Waals surface area contributed by atoms with Crippen molar-refractivity contribution in [1.82, 2.24) is 98.3 Å². The Hall–Kier alpha value is -14.7. The number of aliphatic hydroxyl groups is 1. The number of benzene rings is 4. The molecule has 12 aromatic rings. The van der Waals surface area contributed by atoms with Gasteiger partial charge in [-0.25, -0.2) is 56.7 Å². The van der Waals surface area contributed by atoms with E-state index in [9.17, 15) is 57.0 Å². The van der Waals surface area contributed by atoms with Gasteiger partial charge in [0.2, 0.25) is 11.6 Å². The number of nitrogen functional groups attached to an aromatic ring is 2. The number of halogens is 4. The molecule has 37 nitrogen and oxygen atoms in total. The number of rotatable bonds is 18. The Morgan fingerprint density at radius 2 is 0.646 bits per heavy atom. The van der Waals surface area contributed by atoms with Crippen LogP contribution in [0.4, 0.5) is 82.8 Å². The molecule has 0 aliphatic carbocycles. The van der Waals surface area contributed by atoms with Crippen LogP contribution < -0.4 is 32.7 Å². The van der Waals surface area contributed by atoms with E-state index in [1.165, 1.54) is 102 Å². The van der Waals surface area contributed by atoms with Crippen molar-refractivity contribution in [1.29, 1.82) is 0 Å². The van der Waals surface area contributed by atoms with Gasteiger partial charge in [-0.2, -0.15) is 20.4 Å². The summed E-state index contributed by atoms with van der Waals surface area (Å²) in [5, 5.41) is 59.0. The standard InChI is InChI=1S/2C22H22FN7O3.2C22H24FN7O.CH4O/c1-27-9-14(10-27)11-29-20-13-28(12-16(20)8-24-29)22(31)26-21-19(30(32)33)7-6-18(25-21)15-2-4-17(23)5-3-15;1-27-8-14(9-27)10-29-12-16-11-28(13-19(16)26-29)22(31)25-21-20(30(32)33)7-6-18(24-21)15-2-4-17(23)5-3-15;1-28-9-14(10-28)11-30-20-13-29(12-16(20)8-25-30)22(31)27-21-18(24)6-7-19(26-21)15-2-4-17(23)5-3-15;1-28-8-14(9-28)10-30-12-16-11-29(13-20(16)27-30)22(31)26-21-18(24)6-7-19(25-21)15-2-4-17(23)5-3-15;1-2/h2-8,14H,9-13H2,1H3,(H,25,26,31);2-7,12,14H,8-11,13H2,1H3,(H,24,25,31);2-8,14H,9-13,24H2,1H3,(H,26,27,31);2-7,12,14H,8-11,13,24H2,1H3,(H,25,26,31);2H,1H3. The number of likely N-dealkylation sites (tertiary alicyclic amines) is 4. The van der Waals surface area contributed by atoms with Crippen LogP contribution in [0, 0.1) is 67.2 Å². The summed E-state index contributed by atoms with van der Waals surface area (Å²) in [6.45, 7) is 15.4. The normalized spacial score (nSPS) is 15.9. The lowest BCUT2D eigenvalue weighted by molar-refractivity contribution is -0.384. The average molecular weight is 1780 g/mol. The van der Waals surface area contributed by atoms with Crippen molar-refractivity contribution < 1.29 is 51.7 Å². The average Bonchev–Trinajstić information content (AvgIpc) is 1.61. The molecule has 16 heterocycles. The number of urea groups is 4. The second-order valence-corrected chi connectivity index (χ2v) is 33.7. The van der Waals surface area contributed by atoms with Gasteiger partial charge in [-0.15, -0.1) is 0 Å². The third-order valence-electron chi connectivity index (χ3n) is 23.6. The fourth-order valence-corrected chi connectivity index (χ4v) is 17.1. The maximum atomic E-state index is 13.2. The highest BCUT2D eigenvalue weighted by atomic mass is 19.1. The number of nitro groups is 2. The number of nitrogens with one attached hydrogen (secondary N) is 4. The molecule has 0 spiro atoms. The van der Waals surface area contributed by atoms with Gasteiger partial charge in [-0.1, -0.05) is 0 Å². The summed E-state index contributed by atoms with van der Waals surface area (Å²) >= 11 is 0. The van der Waals surface area contributed by atoms with Gasteiger partial charge >= 0.3 is 35.5 Å². The molecule has 674 valence electrons. The number of pyridine rings is 4. The van der Waals surface area contributed by atoms with E-state index < -0.39 is 33.5 Å². The monoisotopic (exact) mass is 1780 g/mol. The van der Waals surface area contributed by atoms with Crippen LogP contribution in [0.25, 0.3) is 45.0 Å². The molecule has 8 aromatic heterocycles. The molecule has 8 aliphatic heterocycles. The third-order valence-corrected chi connectivity index (χ3v) is 23.6. The Labute approximate surface area is 743 Å². The maximum absolute atomic E-state index is 13.2. The van der Waals surface area contributed by atoms with Crippen LogP contribution in [0.3, 0.4) is 0 Å². The molecule has 0 bridgehead atoms. The summed E-state index contributed by atoms with van der Waals surface area (Å²) in [6, 6.07) is 34.1. The van der Waals surface area contributed by atoms with E-state index in [0.717, 1.165) is 142 Å². The van der Waals surface area contributed by atoms with E-state index in [1.807, 2.05) is 37.3 Å². The minimum absolute atomic E-state index is 0.151. The van der Waals surface area contributed by atoms with Gasteiger partial charge in [0.1, 0.15) is 23.3 Å². The van der Waals surface area contributed by atoms with E-state index in [1.54, 1.807) is 69.4 Å². The zero-order valence-electron chi connectivity index (χ0n) is 71.8. The van der Waals surface area contributed by atoms with Crippen molar-refractivity contribution in [2.24, 2.45) is 23.7 Å². The van der Waals surface area contributed by atoms with Crippen molar-refractivity contribution in [3.05, 3.63) is 259 Å². The molecule has 8 amide bonds. The van der Waals surface area contributed by atoms with Gasteiger partial charge in [0.15, 0.2) is 11.6 Å². The zero-order chi connectivity index (χ0) is 91.3. The summed E-state index contributed by atoms with van der Waals surface area (Å²) < 4.78 is 60.8. The predicted octanol–water partition coefficient (Wildman–Crippen LogP) is 11.4. The van der Waals surface area contributed by atoms with Crippen molar-refractivity contribution in [3.8, 4) is 45.0 Å². The molecule has 130 heavy (non-hydrogen) atoms. The van der Waals surface area contributed by atoms with Crippen LogP contribution in [0.2, 0.25) is 0 Å². The van der Waals surface area contributed by atoms with Crippen molar-refractivity contribution >= 4 is 70.1 Å². The highest BCUT2D eigenvalue weighted by molar-refractivity contribution is 5.94. The summed E-state index contributed by atoms with van der Waals surface area (Å²) in [5.74, 6) is 1.23. The molecule has 4 aromatic carbocycles. The Bertz CT molecular complexity index is 6130. The highest BCUT2D eigenvalue weighted by Crippen LogP contribution is 2.36. The third kappa shape index (κ3) is 20.6. The number of hydrogen-bond acceptors (Lipinski definition) is 23. The number of carbonyl (C=O) groups is 4. The van der Waals surface area contributed by atoms with Gasteiger partial charge in [-0.05, 0) is 162 Å². The summed E-state index contributed by atoms with van der Waals surface area (Å²) in [4.78, 5) is 106. The first-order chi connectivity index (χ1) is 62.6. The fourth-order valence-electron chi connectivity index (χ4n) is 17.1. The van der Waals surface area contributed by atoms with Gasteiger partial charge in [0, 0.05) is 178 Å². The van der Waals surface area contributed by atoms with Gasteiger partial charge < -0.3 is 55.8 Å². The number of amides is 8. The molecule has 0 atom stereocenters. The van der Waals surface area contributed by atoms with E-state index >= 15 is 0 Å². The van der Waals surface area contributed by atoms with E-state index in [2.05, 4.69) is 109 Å². The predicted molar refractivity (Wildman–Crippen MR) is 475 cm³/mol. The number of aliphatic hydroxyl groups excluding tert-OH is 1. The van der Waals surface area contributed by atoms with Crippen LogP contribution in [0.5, 0.6) is 0 Å². The largest absolute Gasteiger partial charge is 0.400 e. The van der Waals surface area contributed by atoms with Crippen molar-refractivity contribution in [2.45, 2.75) is 78.5 Å². The fraction of sp³-hybridized carbons (Fsp3) is 0.326. The first-order valence-electron chi connectivity index (χ1n) is 42.1. The Balaban J connectivity index is 0.000000126. The number of fused-ring (bicyclic) bond motifs is 4. The van der Waals surface area contributed by atoms with Crippen LogP contribution in [0.1, 0.15) is 45.0 Å². The molecule has 0 radical (unpaired) electrons. The molecule has 0 saturated carbocycles. The molecular formula is C89H96F4N28O9. The van der Waals surface area contributed by atoms with Crippen LogP contribution in [-0.2, 0) is 78.5 Å². The Morgan fingerprint density at radius 3 is 0.938 bits per heavy atom.